The molecule has 0 fully saturated rings. The van der Waals surface area contributed by atoms with Crippen LogP contribution in [0.1, 0.15) is 36.3 Å². The first-order valence-electron chi connectivity index (χ1n) is 6.09. The van der Waals surface area contributed by atoms with Crippen molar-refractivity contribution in [3.05, 3.63) is 51.8 Å². The fourth-order valence-electron chi connectivity index (χ4n) is 2.03. The van der Waals surface area contributed by atoms with E-state index in [4.69, 9.17) is 0 Å². The van der Waals surface area contributed by atoms with Gasteiger partial charge in [0.25, 0.3) is 0 Å². The molecule has 0 saturated carbocycles. The highest BCUT2D eigenvalue weighted by atomic mass is 79.9. The summed E-state index contributed by atoms with van der Waals surface area (Å²) in [6, 6.07) is 7.92. The number of benzene rings is 1. The highest BCUT2D eigenvalue weighted by Gasteiger charge is 2.19. The number of rotatable bonds is 4. The van der Waals surface area contributed by atoms with Crippen LogP contribution in [0.25, 0.3) is 0 Å². The Balaban J connectivity index is 2.39. The molecule has 0 aliphatic carbocycles. The second kappa shape index (κ2) is 5.67. The molecule has 3 nitrogen and oxygen atoms in total. The van der Waals surface area contributed by atoms with Crippen molar-refractivity contribution < 1.29 is 5.11 Å². The lowest BCUT2D eigenvalue weighted by Crippen LogP contribution is -2.10. The van der Waals surface area contributed by atoms with Crippen molar-refractivity contribution in [2.45, 2.75) is 32.9 Å². The second-order valence-corrected chi connectivity index (χ2v) is 5.27. The molecule has 0 bridgehead atoms. The lowest BCUT2D eigenvalue weighted by Gasteiger charge is -2.14. The number of nitrogens with zero attached hydrogens (tertiary/aromatic N) is 2. The third-order valence-electron chi connectivity index (χ3n) is 2.89. The molecule has 4 heteroatoms. The predicted octanol–water partition coefficient (Wildman–Crippen LogP) is 3.45. The minimum absolute atomic E-state index is 0.645. The van der Waals surface area contributed by atoms with Crippen LogP contribution in [0.2, 0.25) is 0 Å². The quantitative estimate of drug-likeness (QED) is 0.939. The van der Waals surface area contributed by atoms with Gasteiger partial charge in [-0.25, -0.2) is 0 Å². The van der Waals surface area contributed by atoms with Crippen LogP contribution in [0.5, 0.6) is 0 Å². The molecule has 0 spiro atoms. The SMILES string of the molecule is CCCn1ncc(Br)c1C(O)c1cccc(C)c1. The van der Waals surface area contributed by atoms with Crippen molar-refractivity contribution >= 4 is 15.9 Å². The van der Waals surface area contributed by atoms with E-state index in [2.05, 4.69) is 28.0 Å². The van der Waals surface area contributed by atoms with E-state index in [1.54, 1.807) is 6.20 Å². The second-order valence-electron chi connectivity index (χ2n) is 4.42. The van der Waals surface area contributed by atoms with E-state index in [1.807, 2.05) is 35.9 Å². The summed E-state index contributed by atoms with van der Waals surface area (Å²) < 4.78 is 2.71. The molecule has 0 radical (unpaired) electrons. The molecule has 1 atom stereocenters. The molecule has 1 aromatic heterocycles. The third-order valence-corrected chi connectivity index (χ3v) is 3.50. The lowest BCUT2D eigenvalue weighted by atomic mass is 10.0. The van der Waals surface area contributed by atoms with Crippen LogP contribution in [-0.4, -0.2) is 14.9 Å². The summed E-state index contributed by atoms with van der Waals surface area (Å²) in [4.78, 5) is 0. The zero-order valence-corrected chi connectivity index (χ0v) is 12.2. The Morgan fingerprint density at radius 2 is 2.22 bits per heavy atom. The Bertz CT molecular complexity index is 536. The number of aliphatic hydroxyl groups is 1. The van der Waals surface area contributed by atoms with E-state index < -0.39 is 6.10 Å². The van der Waals surface area contributed by atoms with Gasteiger partial charge in [0.1, 0.15) is 6.10 Å². The average molecular weight is 309 g/mol. The third kappa shape index (κ3) is 2.65. The summed E-state index contributed by atoms with van der Waals surface area (Å²) in [5.41, 5.74) is 2.86. The Kier molecular flexibility index (Phi) is 4.19. The molecule has 18 heavy (non-hydrogen) atoms. The molecule has 0 aliphatic rings. The van der Waals surface area contributed by atoms with Crippen LogP contribution >= 0.6 is 15.9 Å². The van der Waals surface area contributed by atoms with Crippen molar-refractivity contribution in [1.82, 2.24) is 9.78 Å². The molecule has 0 amide bonds. The fraction of sp³-hybridized carbons (Fsp3) is 0.357. The molecule has 1 unspecified atom stereocenters. The number of hydrogen-bond donors (Lipinski definition) is 1. The molecule has 2 rings (SSSR count). The number of halogens is 1. The molecule has 0 saturated heterocycles. The van der Waals surface area contributed by atoms with E-state index in [-0.39, 0.29) is 0 Å². The summed E-state index contributed by atoms with van der Waals surface area (Å²) in [5, 5.41) is 14.8. The number of hydrogen-bond acceptors (Lipinski definition) is 2. The number of aryl methyl sites for hydroxylation is 2. The minimum atomic E-state index is -0.645. The summed E-state index contributed by atoms with van der Waals surface area (Å²) in [6.07, 6.45) is 2.08. The van der Waals surface area contributed by atoms with E-state index in [9.17, 15) is 5.11 Å². The van der Waals surface area contributed by atoms with Crippen LogP contribution in [0.15, 0.2) is 34.9 Å². The predicted molar refractivity (Wildman–Crippen MR) is 75.5 cm³/mol. The average Bonchev–Trinajstić information content (AvgIpc) is 2.70. The highest BCUT2D eigenvalue weighted by molar-refractivity contribution is 9.10. The zero-order valence-electron chi connectivity index (χ0n) is 10.6. The topological polar surface area (TPSA) is 38.0 Å². The van der Waals surface area contributed by atoms with Gasteiger partial charge < -0.3 is 5.11 Å². The van der Waals surface area contributed by atoms with Gasteiger partial charge in [-0.05, 0) is 34.8 Å². The number of aliphatic hydroxyl groups excluding tert-OH is 1. The van der Waals surface area contributed by atoms with E-state index in [0.29, 0.717) is 0 Å². The minimum Gasteiger partial charge on any atom is -0.382 e. The fourth-order valence-corrected chi connectivity index (χ4v) is 2.54. The molecule has 1 N–H and O–H groups in total. The van der Waals surface area contributed by atoms with Gasteiger partial charge in [-0.3, -0.25) is 4.68 Å². The van der Waals surface area contributed by atoms with Crippen molar-refractivity contribution in [3.8, 4) is 0 Å². The Morgan fingerprint density at radius 1 is 1.44 bits per heavy atom. The van der Waals surface area contributed by atoms with Gasteiger partial charge in [0.05, 0.1) is 16.4 Å². The molecular weight excluding hydrogens is 292 g/mol. The van der Waals surface area contributed by atoms with Crippen molar-refractivity contribution in [2.24, 2.45) is 0 Å². The van der Waals surface area contributed by atoms with Gasteiger partial charge in [0.15, 0.2) is 0 Å². The lowest BCUT2D eigenvalue weighted by molar-refractivity contribution is 0.206. The standard InChI is InChI=1S/C14H17BrN2O/c1-3-7-17-13(12(15)9-16-17)14(18)11-6-4-5-10(2)8-11/h4-6,8-9,14,18H,3,7H2,1-2H3. The van der Waals surface area contributed by atoms with Gasteiger partial charge in [0, 0.05) is 6.54 Å². The van der Waals surface area contributed by atoms with E-state index in [1.165, 1.54) is 0 Å². The molecule has 2 aromatic rings. The smallest absolute Gasteiger partial charge is 0.122 e. The van der Waals surface area contributed by atoms with Crippen molar-refractivity contribution in [1.29, 1.82) is 0 Å². The van der Waals surface area contributed by atoms with Crippen LogP contribution in [-0.2, 0) is 6.54 Å². The van der Waals surface area contributed by atoms with Gasteiger partial charge >= 0.3 is 0 Å². The molecule has 0 aliphatic heterocycles. The van der Waals surface area contributed by atoms with Gasteiger partial charge in [0.2, 0.25) is 0 Å². The molecule has 96 valence electrons. The molecule has 1 aromatic carbocycles. The van der Waals surface area contributed by atoms with Crippen LogP contribution < -0.4 is 0 Å². The van der Waals surface area contributed by atoms with E-state index >= 15 is 0 Å². The Labute approximate surface area is 116 Å². The van der Waals surface area contributed by atoms with Gasteiger partial charge in [-0.15, -0.1) is 0 Å². The Morgan fingerprint density at radius 3 is 2.89 bits per heavy atom. The van der Waals surface area contributed by atoms with Gasteiger partial charge in [-0.1, -0.05) is 36.8 Å². The maximum atomic E-state index is 10.5. The van der Waals surface area contributed by atoms with Crippen LogP contribution in [0.4, 0.5) is 0 Å². The number of aromatic nitrogens is 2. The maximum absolute atomic E-state index is 10.5. The normalized spacial score (nSPS) is 12.7. The van der Waals surface area contributed by atoms with Crippen molar-refractivity contribution in [3.63, 3.8) is 0 Å². The van der Waals surface area contributed by atoms with Crippen LogP contribution in [0, 0.1) is 6.92 Å². The van der Waals surface area contributed by atoms with Crippen LogP contribution in [0.3, 0.4) is 0 Å². The summed E-state index contributed by atoms with van der Waals surface area (Å²) in [7, 11) is 0. The molecular formula is C14H17BrN2O. The summed E-state index contributed by atoms with van der Waals surface area (Å²) >= 11 is 3.46. The first-order valence-corrected chi connectivity index (χ1v) is 6.88. The monoisotopic (exact) mass is 308 g/mol. The molecule has 1 heterocycles. The first-order chi connectivity index (χ1) is 8.63. The maximum Gasteiger partial charge on any atom is 0.122 e. The van der Waals surface area contributed by atoms with Crippen molar-refractivity contribution in [2.75, 3.05) is 0 Å². The zero-order chi connectivity index (χ0) is 13.1. The van der Waals surface area contributed by atoms with Gasteiger partial charge in [-0.2, -0.15) is 5.10 Å². The first kappa shape index (κ1) is 13.3. The summed E-state index contributed by atoms with van der Waals surface area (Å²) in [6.45, 7) is 4.93. The Hall–Kier alpha value is -1.13. The highest BCUT2D eigenvalue weighted by Crippen LogP contribution is 2.29. The largest absolute Gasteiger partial charge is 0.382 e. The van der Waals surface area contributed by atoms with E-state index in [0.717, 1.165) is 34.3 Å². The summed E-state index contributed by atoms with van der Waals surface area (Å²) in [5.74, 6) is 0.